The molecule has 1 aromatic heterocycles. The Morgan fingerprint density at radius 2 is 1.83 bits per heavy atom. The molecule has 0 radical (unpaired) electrons. The molecule has 3 aromatic rings. The molecule has 0 aliphatic carbocycles. The molecule has 0 amide bonds. The average Bonchev–Trinajstić information content (AvgIpc) is 2.93. The monoisotopic (exact) mass is 322 g/mol. The van der Waals surface area contributed by atoms with Crippen LogP contribution in [0.3, 0.4) is 0 Å². The van der Waals surface area contributed by atoms with Crippen LogP contribution in [0.1, 0.15) is 23.7 Å². The van der Waals surface area contributed by atoms with Crippen LogP contribution in [0.2, 0.25) is 0 Å². The quantitative estimate of drug-likeness (QED) is 0.683. The van der Waals surface area contributed by atoms with Crippen molar-refractivity contribution in [1.82, 2.24) is 9.78 Å². The summed E-state index contributed by atoms with van der Waals surface area (Å²) < 4.78 is 13.0. The maximum atomic E-state index is 5.79. The molecule has 4 heteroatoms. The predicted molar refractivity (Wildman–Crippen MR) is 95.3 cm³/mol. The van der Waals surface area contributed by atoms with E-state index in [9.17, 15) is 0 Å². The molecule has 0 aliphatic rings. The van der Waals surface area contributed by atoms with Crippen molar-refractivity contribution in [2.45, 2.75) is 20.3 Å². The van der Waals surface area contributed by atoms with Crippen molar-refractivity contribution in [1.29, 1.82) is 0 Å². The molecule has 0 fully saturated rings. The molecule has 0 spiro atoms. The SMILES string of the molecule is CCOc1nn(-c2cccc(OC)c2)c(C)c1Cc1ccccc1. The fraction of sp³-hybridized carbons (Fsp3) is 0.250. The van der Waals surface area contributed by atoms with Crippen molar-refractivity contribution in [2.75, 3.05) is 13.7 Å². The maximum absolute atomic E-state index is 5.79. The van der Waals surface area contributed by atoms with Gasteiger partial charge in [0.15, 0.2) is 0 Å². The Morgan fingerprint density at radius 3 is 2.54 bits per heavy atom. The van der Waals surface area contributed by atoms with Gasteiger partial charge in [0.25, 0.3) is 0 Å². The van der Waals surface area contributed by atoms with E-state index < -0.39 is 0 Å². The highest BCUT2D eigenvalue weighted by molar-refractivity contribution is 5.44. The number of nitrogens with zero attached hydrogens (tertiary/aromatic N) is 2. The molecule has 3 rings (SSSR count). The Kier molecular flexibility index (Phi) is 4.85. The Balaban J connectivity index is 2.03. The normalized spacial score (nSPS) is 10.6. The van der Waals surface area contributed by atoms with E-state index in [4.69, 9.17) is 9.47 Å². The van der Waals surface area contributed by atoms with Gasteiger partial charge in [-0.05, 0) is 31.5 Å². The summed E-state index contributed by atoms with van der Waals surface area (Å²) in [6.45, 7) is 4.65. The lowest BCUT2D eigenvalue weighted by Crippen LogP contribution is -2.00. The lowest BCUT2D eigenvalue weighted by Gasteiger charge is -2.07. The first-order valence-electron chi connectivity index (χ1n) is 8.12. The molecule has 2 aromatic carbocycles. The number of methoxy groups -OCH3 is 1. The lowest BCUT2D eigenvalue weighted by atomic mass is 10.1. The highest BCUT2D eigenvalue weighted by atomic mass is 16.5. The van der Waals surface area contributed by atoms with Crippen LogP contribution in [-0.2, 0) is 6.42 Å². The highest BCUT2D eigenvalue weighted by Crippen LogP contribution is 2.28. The summed E-state index contributed by atoms with van der Waals surface area (Å²) in [7, 11) is 1.67. The van der Waals surface area contributed by atoms with Crippen molar-refractivity contribution in [3.8, 4) is 17.3 Å². The smallest absolute Gasteiger partial charge is 0.237 e. The van der Waals surface area contributed by atoms with E-state index in [-0.39, 0.29) is 0 Å². The predicted octanol–water partition coefficient (Wildman–Crippen LogP) is 4.18. The van der Waals surface area contributed by atoms with Crippen LogP contribution in [0.25, 0.3) is 5.69 Å². The van der Waals surface area contributed by atoms with Crippen LogP contribution in [0.4, 0.5) is 0 Å². The van der Waals surface area contributed by atoms with Gasteiger partial charge in [0, 0.05) is 23.7 Å². The molecule has 124 valence electrons. The first kappa shape index (κ1) is 16.1. The fourth-order valence-corrected chi connectivity index (χ4v) is 2.76. The van der Waals surface area contributed by atoms with E-state index in [1.807, 2.05) is 41.9 Å². The van der Waals surface area contributed by atoms with E-state index in [1.165, 1.54) is 5.56 Å². The molecule has 4 nitrogen and oxygen atoms in total. The molecule has 24 heavy (non-hydrogen) atoms. The number of hydrogen-bond acceptors (Lipinski definition) is 3. The summed E-state index contributed by atoms with van der Waals surface area (Å²) in [5.41, 5.74) is 4.40. The number of rotatable bonds is 6. The zero-order valence-electron chi connectivity index (χ0n) is 14.3. The second-order valence-corrected chi connectivity index (χ2v) is 5.58. The topological polar surface area (TPSA) is 36.3 Å². The van der Waals surface area contributed by atoms with Gasteiger partial charge >= 0.3 is 0 Å². The molecule has 0 aliphatic heterocycles. The largest absolute Gasteiger partial charge is 0.497 e. The summed E-state index contributed by atoms with van der Waals surface area (Å²) in [4.78, 5) is 0. The number of benzene rings is 2. The number of aromatic nitrogens is 2. The van der Waals surface area contributed by atoms with Gasteiger partial charge in [0.05, 0.1) is 19.4 Å². The van der Waals surface area contributed by atoms with Crippen molar-refractivity contribution in [2.24, 2.45) is 0 Å². The van der Waals surface area contributed by atoms with Crippen LogP contribution in [0, 0.1) is 6.92 Å². The van der Waals surface area contributed by atoms with E-state index in [2.05, 4.69) is 36.3 Å². The number of hydrogen-bond donors (Lipinski definition) is 0. The Bertz CT molecular complexity index is 810. The Labute approximate surface area is 142 Å². The fourth-order valence-electron chi connectivity index (χ4n) is 2.76. The first-order chi connectivity index (χ1) is 11.7. The van der Waals surface area contributed by atoms with E-state index in [0.29, 0.717) is 12.5 Å². The summed E-state index contributed by atoms with van der Waals surface area (Å²) in [5, 5.41) is 4.68. The van der Waals surface area contributed by atoms with Gasteiger partial charge in [-0.15, -0.1) is 5.10 Å². The van der Waals surface area contributed by atoms with Crippen molar-refractivity contribution >= 4 is 0 Å². The minimum atomic E-state index is 0.594. The molecule has 0 saturated carbocycles. The Morgan fingerprint density at radius 1 is 1.04 bits per heavy atom. The summed E-state index contributed by atoms with van der Waals surface area (Å²) >= 11 is 0. The molecule has 0 atom stereocenters. The summed E-state index contributed by atoms with van der Waals surface area (Å²) in [5.74, 6) is 1.51. The third-order valence-electron chi connectivity index (χ3n) is 4.01. The average molecular weight is 322 g/mol. The van der Waals surface area contributed by atoms with Gasteiger partial charge in [0.1, 0.15) is 5.75 Å². The number of ether oxygens (including phenoxy) is 2. The van der Waals surface area contributed by atoms with Gasteiger partial charge in [0.2, 0.25) is 5.88 Å². The molecule has 0 N–H and O–H groups in total. The zero-order valence-corrected chi connectivity index (χ0v) is 14.3. The molecular formula is C20H22N2O2. The molecule has 0 bridgehead atoms. The molecule has 1 heterocycles. The van der Waals surface area contributed by atoms with E-state index >= 15 is 0 Å². The standard InChI is InChI=1S/C20H22N2O2/c1-4-24-20-19(13-16-9-6-5-7-10-16)15(2)22(21-20)17-11-8-12-18(14-17)23-3/h5-12,14H,4,13H2,1-3H3. The summed E-state index contributed by atoms with van der Waals surface area (Å²) in [6.07, 6.45) is 0.798. The van der Waals surface area contributed by atoms with Crippen LogP contribution in [-0.4, -0.2) is 23.5 Å². The van der Waals surface area contributed by atoms with Crippen molar-refractivity contribution in [3.63, 3.8) is 0 Å². The third-order valence-corrected chi connectivity index (χ3v) is 4.01. The van der Waals surface area contributed by atoms with E-state index in [0.717, 1.165) is 29.1 Å². The van der Waals surface area contributed by atoms with Crippen molar-refractivity contribution < 1.29 is 9.47 Å². The van der Waals surface area contributed by atoms with Crippen LogP contribution in [0.15, 0.2) is 54.6 Å². The maximum Gasteiger partial charge on any atom is 0.237 e. The minimum Gasteiger partial charge on any atom is -0.497 e. The van der Waals surface area contributed by atoms with Gasteiger partial charge in [-0.1, -0.05) is 36.4 Å². The van der Waals surface area contributed by atoms with Crippen LogP contribution < -0.4 is 9.47 Å². The van der Waals surface area contributed by atoms with Crippen molar-refractivity contribution in [3.05, 3.63) is 71.4 Å². The third kappa shape index (κ3) is 3.27. The van der Waals surface area contributed by atoms with Gasteiger partial charge in [-0.3, -0.25) is 0 Å². The first-order valence-corrected chi connectivity index (χ1v) is 8.12. The van der Waals surface area contributed by atoms with Crippen LogP contribution in [0.5, 0.6) is 11.6 Å². The molecule has 0 saturated heterocycles. The van der Waals surface area contributed by atoms with Crippen LogP contribution >= 0.6 is 0 Å². The Hall–Kier alpha value is -2.75. The minimum absolute atomic E-state index is 0.594. The lowest BCUT2D eigenvalue weighted by molar-refractivity contribution is 0.321. The molecule has 0 unspecified atom stereocenters. The van der Waals surface area contributed by atoms with Gasteiger partial charge in [-0.25, -0.2) is 4.68 Å². The van der Waals surface area contributed by atoms with E-state index in [1.54, 1.807) is 7.11 Å². The molecular weight excluding hydrogens is 300 g/mol. The summed E-state index contributed by atoms with van der Waals surface area (Å²) in [6, 6.07) is 18.3. The zero-order chi connectivity index (χ0) is 16.9. The second kappa shape index (κ2) is 7.21. The van der Waals surface area contributed by atoms with Gasteiger partial charge in [-0.2, -0.15) is 0 Å². The second-order valence-electron chi connectivity index (χ2n) is 5.58. The highest BCUT2D eigenvalue weighted by Gasteiger charge is 2.17. The van der Waals surface area contributed by atoms with Gasteiger partial charge < -0.3 is 9.47 Å².